The standard InChI is InChI=1S/C5H10N2O/c8-5-4-1-2-7(5)6-3-4/h4-6,8H,1-3H2. The van der Waals surface area contributed by atoms with E-state index in [4.69, 9.17) is 0 Å². The number of hydrazine groups is 1. The average Bonchev–Trinajstić information content (AvgIpc) is 2.29. The Balaban J connectivity index is 2.16. The summed E-state index contributed by atoms with van der Waals surface area (Å²) in [5.41, 5.74) is 3.09. The molecule has 0 amide bonds. The van der Waals surface area contributed by atoms with Crippen LogP contribution >= 0.6 is 0 Å². The van der Waals surface area contributed by atoms with E-state index < -0.39 is 0 Å². The molecule has 2 N–H and O–H groups in total. The van der Waals surface area contributed by atoms with Gasteiger partial charge in [0, 0.05) is 19.0 Å². The lowest BCUT2D eigenvalue weighted by Gasteiger charge is -2.12. The van der Waals surface area contributed by atoms with E-state index in [2.05, 4.69) is 5.43 Å². The molecule has 0 aromatic rings. The molecule has 0 radical (unpaired) electrons. The third-order valence-corrected chi connectivity index (χ3v) is 2.04. The van der Waals surface area contributed by atoms with Crippen molar-refractivity contribution >= 4 is 0 Å². The normalized spacial score (nSPS) is 52.9. The largest absolute Gasteiger partial charge is 0.377 e. The number of nitrogens with one attached hydrogen (secondary N) is 1. The van der Waals surface area contributed by atoms with Crippen molar-refractivity contribution in [2.45, 2.75) is 12.6 Å². The highest BCUT2D eigenvalue weighted by Crippen LogP contribution is 2.24. The van der Waals surface area contributed by atoms with Crippen molar-refractivity contribution in [3.63, 3.8) is 0 Å². The molecule has 3 nitrogen and oxygen atoms in total. The summed E-state index contributed by atoms with van der Waals surface area (Å²) in [5, 5.41) is 11.1. The number of hydrogen-bond donors (Lipinski definition) is 2. The Hall–Kier alpha value is -0.120. The van der Waals surface area contributed by atoms with Crippen molar-refractivity contribution in [2.75, 3.05) is 13.1 Å². The molecule has 2 fully saturated rings. The Bertz CT molecular complexity index is 86.6. The highest BCUT2D eigenvalue weighted by molar-refractivity contribution is 4.84. The number of nitrogens with zero attached hydrogens (tertiary/aromatic N) is 1. The average molecular weight is 114 g/mol. The van der Waals surface area contributed by atoms with Crippen molar-refractivity contribution < 1.29 is 5.11 Å². The Labute approximate surface area is 48.3 Å². The molecular formula is C5H10N2O. The third-order valence-electron chi connectivity index (χ3n) is 2.04. The second-order valence-corrected chi connectivity index (χ2v) is 2.52. The van der Waals surface area contributed by atoms with E-state index in [0.717, 1.165) is 19.5 Å². The van der Waals surface area contributed by atoms with Gasteiger partial charge in [0.15, 0.2) is 0 Å². The monoisotopic (exact) mass is 114 g/mol. The Morgan fingerprint density at radius 2 is 2.50 bits per heavy atom. The molecule has 2 aliphatic rings. The number of aliphatic hydroxyl groups is 1. The van der Waals surface area contributed by atoms with Crippen molar-refractivity contribution in [3.8, 4) is 0 Å². The predicted molar refractivity (Wildman–Crippen MR) is 28.8 cm³/mol. The molecular weight excluding hydrogens is 104 g/mol. The van der Waals surface area contributed by atoms with E-state index in [1.165, 1.54) is 0 Å². The van der Waals surface area contributed by atoms with Gasteiger partial charge in [0.1, 0.15) is 6.23 Å². The number of rotatable bonds is 0. The van der Waals surface area contributed by atoms with Crippen molar-refractivity contribution in [1.82, 2.24) is 10.4 Å². The fraction of sp³-hybridized carbons (Fsp3) is 1.00. The van der Waals surface area contributed by atoms with Gasteiger partial charge in [-0.2, -0.15) is 0 Å². The summed E-state index contributed by atoms with van der Waals surface area (Å²) in [5.74, 6) is 0.509. The number of fused-ring (bicyclic) bond motifs is 2. The van der Waals surface area contributed by atoms with Gasteiger partial charge in [-0.15, -0.1) is 0 Å². The first kappa shape index (κ1) is 4.73. The van der Waals surface area contributed by atoms with Gasteiger partial charge < -0.3 is 5.11 Å². The van der Waals surface area contributed by atoms with Crippen molar-refractivity contribution in [3.05, 3.63) is 0 Å². The maximum Gasteiger partial charge on any atom is 0.123 e. The summed E-state index contributed by atoms with van der Waals surface area (Å²) in [7, 11) is 0. The summed E-state index contributed by atoms with van der Waals surface area (Å²) < 4.78 is 0. The van der Waals surface area contributed by atoms with Crippen molar-refractivity contribution in [1.29, 1.82) is 0 Å². The van der Waals surface area contributed by atoms with E-state index in [-0.39, 0.29) is 6.23 Å². The molecule has 2 rings (SSSR count). The molecule has 46 valence electrons. The molecule has 8 heavy (non-hydrogen) atoms. The van der Waals surface area contributed by atoms with E-state index in [0.29, 0.717) is 5.92 Å². The van der Waals surface area contributed by atoms with Crippen LogP contribution in [0.25, 0.3) is 0 Å². The van der Waals surface area contributed by atoms with E-state index >= 15 is 0 Å². The minimum atomic E-state index is -0.185. The fourth-order valence-corrected chi connectivity index (χ4v) is 1.46. The fourth-order valence-electron chi connectivity index (χ4n) is 1.46. The summed E-state index contributed by atoms with van der Waals surface area (Å²) in [6, 6.07) is 0. The lowest BCUT2D eigenvalue weighted by molar-refractivity contribution is 0.0302. The minimum absolute atomic E-state index is 0.185. The maximum absolute atomic E-state index is 9.19. The lowest BCUT2D eigenvalue weighted by atomic mass is 10.1. The predicted octanol–water partition coefficient (Wildman–Crippen LogP) is -0.855. The summed E-state index contributed by atoms with van der Waals surface area (Å²) >= 11 is 0. The molecule has 0 aromatic heterocycles. The quantitative estimate of drug-likeness (QED) is 0.430. The first-order valence-corrected chi connectivity index (χ1v) is 3.06. The second-order valence-electron chi connectivity index (χ2n) is 2.52. The van der Waals surface area contributed by atoms with Gasteiger partial charge >= 0.3 is 0 Å². The molecule has 2 bridgehead atoms. The summed E-state index contributed by atoms with van der Waals surface area (Å²) in [6.45, 7) is 1.99. The first-order chi connectivity index (χ1) is 3.88. The molecule has 2 saturated heterocycles. The van der Waals surface area contributed by atoms with Gasteiger partial charge in [-0.25, -0.2) is 5.01 Å². The van der Waals surface area contributed by atoms with Gasteiger partial charge in [0.2, 0.25) is 0 Å². The Kier molecular flexibility index (Phi) is 0.848. The zero-order valence-corrected chi connectivity index (χ0v) is 4.67. The molecule has 0 aromatic carbocycles. The molecule has 2 aliphatic heterocycles. The third kappa shape index (κ3) is 0.438. The molecule has 0 aliphatic carbocycles. The minimum Gasteiger partial charge on any atom is -0.377 e. The first-order valence-electron chi connectivity index (χ1n) is 3.06. The van der Waals surface area contributed by atoms with E-state index in [1.54, 1.807) is 0 Å². The molecule has 0 saturated carbocycles. The van der Waals surface area contributed by atoms with Gasteiger partial charge in [-0.05, 0) is 6.42 Å². The molecule has 0 spiro atoms. The van der Waals surface area contributed by atoms with Crippen LogP contribution in [0, 0.1) is 5.92 Å². The molecule has 2 heterocycles. The smallest absolute Gasteiger partial charge is 0.123 e. The van der Waals surface area contributed by atoms with Crippen LogP contribution in [-0.4, -0.2) is 29.4 Å². The zero-order chi connectivity index (χ0) is 5.56. The van der Waals surface area contributed by atoms with Gasteiger partial charge in [-0.1, -0.05) is 0 Å². The van der Waals surface area contributed by atoms with Crippen LogP contribution < -0.4 is 5.43 Å². The topological polar surface area (TPSA) is 35.5 Å². The maximum atomic E-state index is 9.19. The molecule has 3 heteroatoms. The number of aliphatic hydroxyl groups excluding tert-OH is 1. The SMILES string of the molecule is OC1C2CCN1NC2. The van der Waals surface area contributed by atoms with Crippen LogP contribution in [0.2, 0.25) is 0 Å². The summed E-state index contributed by atoms with van der Waals surface area (Å²) in [4.78, 5) is 0. The van der Waals surface area contributed by atoms with E-state index in [9.17, 15) is 5.11 Å². The van der Waals surface area contributed by atoms with Crippen LogP contribution in [0.5, 0.6) is 0 Å². The number of hydrogen-bond acceptors (Lipinski definition) is 3. The van der Waals surface area contributed by atoms with Gasteiger partial charge in [0.25, 0.3) is 0 Å². The molecule has 3 atom stereocenters. The highest BCUT2D eigenvalue weighted by Gasteiger charge is 2.37. The highest BCUT2D eigenvalue weighted by atomic mass is 16.3. The van der Waals surface area contributed by atoms with Crippen LogP contribution in [0.1, 0.15) is 6.42 Å². The Morgan fingerprint density at radius 1 is 1.62 bits per heavy atom. The van der Waals surface area contributed by atoms with Crippen LogP contribution in [0.15, 0.2) is 0 Å². The van der Waals surface area contributed by atoms with Crippen LogP contribution in [0.3, 0.4) is 0 Å². The van der Waals surface area contributed by atoms with Gasteiger partial charge in [0.05, 0.1) is 0 Å². The van der Waals surface area contributed by atoms with Crippen LogP contribution in [0.4, 0.5) is 0 Å². The zero-order valence-electron chi connectivity index (χ0n) is 4.67. The van der Waals surface area contributed by atoms with Gasteiger partial charge in [-0.3, -0.25) is 5.43 Å². The van der Waals surface area contributed by atoms with E-state index in [1.807, 2.05) is 5.01 Å². The lowest BCUT2D eigenvalue weighted by Crippen LogP contribution is -2.35. The Morgan fingerprint density at radius 3 is 2.62 bits per heavy atom. The summed E-state index contributed by atoms with van der Waals surface area (Å²) in [6.07, 6.45) is 0.976. The van der Waals surface area contributed by atoms with Crippen LogP contribution in [-0.2, 0) is 0 Å². The molecule has 3 unspecified atom stereocenters. The second kappa shape index (κ2) is 1.43. The van der Waals surface area contributed by atoms with Crippen molar-refractivity contribution in [2.24, 2.45) is 5.92 Å².